The number of aryl methyl sites for hydroxylation is 3. The number of carbonyl (C=O) groups is 8. The fourth-order valence-corrected chi connectivity index (χ4v) is 28.4. The van der Waals surface area contributed by atoms with Crippen LogP contribution in [0.5, 0.6) is 0 Å². The number of carbonyl (C=O) groups excluding carboxylic acids is 8. The molecule has 6 aromatic rings. The molecule has 6 aromatic carbocycles. The van der Waals surface area contributed by atoms with Crippen molar-refractivity contribution >= 4 is 156 Å². The number of ketones is 8. The van der Waals surface area contributed by atoms with E-state index in [1.54, 1.807) is 66.1 Å². The summed E-state index contributed by atoms with van der Waals surface area (Å²) in [6.45, 7) is 22.1. The largest absolute Gasteiger partial charge is 0.295 e. The maximum absolute atomic E-state index is 12.9. The zero-order chi connectivity index (χ0) is 89.7. The highest BCUT2D eigenvalue weighted by Crippen LogP contribution is 2.56. The summed E-state index contributed by atoms with van der Waals surface area (Å²) in [6.07, 6.45) is 26.3. The molecule has 12 atom stereocenters. The minimum atomic E-state index is -0.217. The molecule has 664 valence electrons. The van der Waals surface area contributed by atoms with Gasteiger partial charge < -0.3 is 0 Å². The predicted octanol–water partition coefficient (Wildman–Crippen LogP) is 30.9. The van der Waals surface area contributed by atoms with Crippen LogP contribution in [0.4, 0.5) is 4.39 Å². The van der Waals surface area contributed by atoms with E-state index in [4.69, 9.17) is 23.2 Å². The molecular formula is C108H120BrCl2FO8S6. The number of hydrogen-bond donors (Lipinski definition) is 0. The molecule has 126 heavy (non-hydrogen) atoms. The molecule has 0 amide bonds. The van der Waals surface area contributed by atoms with Crippen molar-refractivity contribution in [2.24, 2.45) is 71.0 Å². The summed E-state index contributed by atoms with van der Waals surface area (Å²) in [5.74, 6) is 8.16. The fourth-order valence-electron chi connectivity index (χ4n) is 20.3. The average molecular weight is 1910 g/mol. The van der Waals surface area contributed by atoms with Crippen molar-refractivity contribution in [3.63, 3.8) is 0 Å². The van der Waals surface area contributed by atoms with Crippen molar-refractivity contribution in [3.05, 3.63) is 263 Å². The molecule has 0 aliphatic heterocycles. The number of allylic oxidation sites excluding steroid dienone is 16. The van der Waals surface area contributed by atoms with Crippen molar-refractivity contribution in [3.8, 4) is 0 Å². The Morgan fingerprint density at radius 3 is 0.937 bits per heavy atom. The third kappa shape index (κ3) is 24.1. The molecule has 6 fully saturated rings. The van der Waals surface area contributed by atoms with Gasteiger partial charge in [-0.3, -0.25) is 38.4 Å². The molecule has 8 nitrogen and oxygen atoms in total. The summed E-state index contributed by atoms with van der Waals surface area (Å²) in [5.41, 5.74) is 11.7. The first-order chi connectivity index (χ1) is 60.5. The fraction of sp³-hybridized carbons (Fsp3) is 0.444. The molecule has 12 bridgehead atoms. The van der Waals surface area contributed by atoms with Crippen LogP contribution in [0, 0.1) is 90.7 Å². The van der Waals surface area contributed by atoms with Crippen molar-refractivity contribution in [2.75, 3.05) is 0 Å². The van der Waals surface area contributed by atoms with Gasteiger partial charge in [0.25, 0.3) is 0 Å². The van der Waals surface area contributed by atoms with E-state index in [2.05, 4.69) is 134 Å². The molecule has 0 spiro atoms. The second-order valence-electron chi connectivity index (χ2n) is 36.4. The smallest absolute Gasteiger partial charge is 0.162 e. The van der Waals surface area contributed by atoms with Crippen LogP contribution in [0.1, 0.15) is 233 Å². The normalized spacial score (nSPS) is 26.0. The van der Waals surface area contributed by atoms with E-state index < -0.39 is 0 Å². The highest BCUT2D eigenvalue weighted by molar-refractivity contribution is 9.11. The van der Waals surface area contributed by atoms with Gasteiger partial charge in [0.1, 0.15) is 5.82 Å². The van der Waals surface area contributed by atoms with E-state index in [1.165, 1.54) is 104 Å². The number of thioether (sulfide) groups is 6. The second-order valence-corrected chi connectivity index (χ2v) is 44.8. The van der Waals surface area contributed by atoms with Gasteiger partial charge in [-0.15, -0.1) is 0 Å². The van der Waals surface area contributed by atoms with Gasteiger partial charge in [0.15, 0.2) is 46.3 Å². The van der Waals surface area contributed by atoms with Gasteiger partial charge in [-0.1, -0.05) is 195 Å². The summed E-state index contributed by atoms with van der Waals surface area (Å²) in [4.78, 5) is 110. The topological polar surface area (TPSA) is 137 Å². The number of rotatable bonds is 13. The summed E-state index contributed by atoms with van der Waals surface area (Å²) in [6, 6.07) is 50.6. The lowest BCUT2D eigenvalue weighted by Crippen LogP contribution is -2.19. The van der Waals surface area contributed by atoms with Gasteiger partial charge in [-0.25, -0.2) is 4.39 Å². The Bertz CT molecular complexity index is 5150. The number of hydrogen-bond acceptors (Lipinski definition) is 14. The molecule has 0 saturated heterocycles. The standard InChI is InChI=1S/C17H20OS.2C16H18OS.C15H15ClOS.C15H15FOS.C15H16OS.C7H9BrO.C7H9ClO/c1-3-12-4-8-15(9-5-12)19-17-11(2)16(18)13-6-7-14(17)10-13;1-10-3-7-14(8-4-10)18-16-11(2)15(17)12-5-6-13(16)9-12;1-10-5-3-4-6-14(10)18-16-11(2)15(17)12-7-8-13(16)9-12;1-9-14(17)10-6-7-11(8-10)15(9)18-13-5-3-2-4-12(13)16;1-9-14(17)10-2-3-11(8-10)15(9)18-13-6-4-12(16)5-7-13;1-10-14(16)11-7-8-12(9-11)15(10)17-13-5-3-2-4-6-13;2*1-5-6(8)3-2-4-7(5)9/h4-5,8-9,13-14H,3,6-7,10H2,1-2H3;3-4,7-8,12-13H,5-6,9H2,1-2H3;3-6,12-13H,7-9H2,1-2H3;2-5,10-11H,6-8H2,1H3;4-7,10-11H,2-3,8H2,1H3;2-6,11-12H,7-9H2,1H3;2*2-4H2,1H3. The monoisotopic (exact) mass is 1900 g/mol. The number of fused-ring (bicyclic) bond motifs is 12. The maximum atomic E-state index is 12.9. The molecule has 20 rings (SSSR count). The first kappa shape index (κ1) is 97.2. The first-order valence-corrected chi connectivity index (χ1v) is 52.1. The van der Waals surface area contributed by atoms with Crippen LogP contribution in [-0.2, 0) is 44.8 Å². The van der Waals surface area contributed by atoms with Gasteiger partial charge >= 0.3 is 0 Å². The van der Waals surface area contributed by atoms with Crippen LogP contribution >= 0.6 is 110 Å². The van der Waals surface area contributed by atoms with Gasteiger partial charge in [-0.2, -0.15) is 0 Å². The second kappa shape index (κ2) is 45.2. The minimum absolute atomic E-state index is 0.214. The van der Waals surface area contributed by atoms with Crippen LogP contribution in [-0.4, -0.2) is 46.3 Å². The molecule has 18 heteroatoms. The number of benzene rings is 6. The van der Waals surface area contributed by atoms with Crippen molar-refractivity contribution < 1.29 is 42.7 Å². The quantitative estimate of drug-likeness (QED) is 0.108. The molecule has 14 aliphatic rings. The Kier molecular flexibility index (Phi) is 34.9. The Hall–Kier alpha value is -6.31. The molecule has 0 N–H and O–H groups in total. The molecule has 0 heterocycles. The van der Waals surface area contributed by atoms with Crippen LogP contribution in [0.25, 0.3) is 0 Å². The highest BCUT2D eigenvalue weighted by atomic mass is 79.9. The Morgan fingerprint density at radius 1 is 0.310 bits per heavy atom. The third-order valence-electron chi connectivity index (χ3n) is 27.9. The van der Waals surface area contributed by atoms with E-state index in [0.717, 1.165) is 197 Å². The van der Waals surface area contributed by atoms with Gasteiger partial charge in [-0.05, 0) is 372 Å². The maximum Gasteiger partial charge on any atom is 0.162 e. The van der Waals surface area contributed by atoms with Gasteiger partial charge in [0.2, 0.25) is 0 Å². The lowest BCUT2D eigenvalue weighted by Gasteiger charge is -2.23. The lowest BCUT2D eigenvalue weighted by molar-refractivity contribution is -0.120. The molecule has 0 aromatic heterocycles. The van der Waals surface area contributed by atoms with Crippen molar-refractivity contribution in [1.82, 2.24) is 0 Å². The SMILES string of the molecule is CC1=C(Br)CCCC1=O.CC1=C(Cl)CCCC1=O.CC1=C(Sc2ccc(C)cc2)C2CCC(C2)C1=O.CC1=C(Sc2ccc(F)cc2)C2CCC(C2)C1=O.CC1=C(Sc2ccccc2)C2CCC(C2)C1=O.CC1=C(Sc2ccccc2C)C2CCC(C2)C1=O.CC1=C(Sc2ccccc2Cl)C2CCC(C2)C1=O.CCc1ccc(SC2=C(C)C(=O)C3CCC2C3)cc1. The van der Waals surface area contributed by atoms with Gasteiger partial charge in [0, 0.05) is 132 Å². The van der Waals surface area contributed by atoms with Gasteiger partial charge in [0.05, 0.1) is 5.02 Å². The lowest BCUT2D eigenvalue weighted by atomic mass is 9.89. The Balaban J connectivity index is 0.000000125. The molecule has 0 radical (unpaired) electrons. The van der Waals surface area contributed by atoms with Crippen LogP contribution in [0.15, 0.2) is 265 Å². The Morgan fingerprint density at radius 2 is 0.603 bits per heavy atom. The summed E-state index contributed by atoms with van der Waals surface area (Å²) < 4.78 is 14.0. The van der Waals surface area contributed by atoms with E-state index in [9.17, 15) is 42.7 Å². The summed E-state index contributed by atoms with van der Waals surface area (Å²) >= 11 is 25.8. The molecule has 14 aliphatic carbocycles. The Labute approximate surface area is 791 Å². The van der Waals surface area contributed by atoms with Crippen molar-refractivity contribution in [1.29, 1.82) is 0 Å². The average Bonchev–Trinajstić information content (AvgIpc) is 1.69. The van der Waals surface area contributed by atoms with E-state index >= 15 is 0 Å². The predicted molar refractivity (Wildman–Crippen MR) is 527 cm³/mol. The zero-order valence-corrected chi connectivity index (χ0v) is 82.8. The summed E-state index contributed by atoms with van der Waals surface area (Å²) in [5, 5.41) is 1.53. The van der Waals surface area contributed by atoms with Crippen LogP contribution in [0.2, 0.25) is 5.02 Å². The van der Waals surface area contributed by atoms with Crippen molar-refractivity contribution in [2.45, 2.75) is 266 Å². The van der Waals surface area contributed by atoms with Crippen LogP contribution < -0.4 is 0 Å². The van der Waals surface area contributed by atoms with Crippen LogP contribution in [0.3, 0.4) is 0 Å². The molecular weight excluding hydrogens is 1790 g/mol. The number of Topliss-reactive ketones (excluding diaryl/α,β-unsaturated/α-hetero) is 8. The zero-order valence-electron chi connectivity index (χ0n) is 74.8. The van der Waals surface area contributed by atoms with E-state index in [1.807, 2.05) is 102 Å². The van der Waals surface area contributed by atoms with E-state index in [-0.39, 0.29) is 17.5 Å². The molecule has 12 unspecified atom stereocenters. The first-order valence-electron chi connectivity index (χ1n) is 45.6. The third-order valence-corrected chi connectivity index (χ3v) is 38.3. The molecule has 6 saturated carbocycles. The minimum Gasteiger partial charge on any atom is -0.295 e. The summed E-state index contributed by atoms with van der Waals surface area (Å²) in [7, 11) is 0. The number of halogens is 4. The van der Waals surface area contributed by atoms with E-state index in [0.29, 0.717) is 112 Å². The highest BCUT2D eigenvalue weighted by Gasteiger charge is 2.45.